The van der Waals surface area contributed by atoms with Gasteiger partial charge in [0, 0.05) is 29.9 Å². The van der Waals surface area contributed by atoms with Crippen LogP contribution < -0.4 is 14.8 Å². The molecule has 4 aromatic rings. The first-order valence-electron chi connectivity index (χ1n) is 9.99. The van der Waals surface area contributed by atoms with Crippen LogP contribution in [0.25, 0.3) is 16.0 Å². The molecule has 5 rings (SSSR count). The van der Waals surface area contributed by atoms with Crippen molar-refractivity contribution in [2.45, 2.75) is 32.9 Å². The Hall–Kier alpha value is -3.48. The molecule has 1 aliphatic heterocycles. The van der Waals surface area contributed by atoms with Gasteiger partial charge >= 0.3 is 6.18 Å². The number of ether oxygens (including phenoxy) is 2. The monoisotopic (exact) mass is 478 g/mol. The first-order valence-corrected chi connectivity index (χ1v) is 10.8. The summed E-state index contributed by atoms with van der Waals surface area (Å²) in [6.07, 6.45) is -4.30. The van der Waals surface area contributed by atoms with Crippen LogP contribution in [0.4, 0.5) is 18.3 Å². The maximum atomic E-state index is 12.9. The number of hydrogen-bond acceptors (Lipinski definition) is 8. The van der Waals surface area contributed by atoms with Crippen molar-refractivity contribution in [1.82, 2.24) is 24.6 Å². The summed E-state index contributed by atoms with van der Waals surface area (Å²) in [7, 11) is 0. The highest BCUT2D eigenvalue weighted by Crippen LogP contribution is 2.38. The van der Waals surface area contributed by atoms with Gasteiger partial charge in [-0.25, -0.2) is 14.5 Å². The molecule has 172 valence electrons. The van der Waals surface area contributed by atoms with E-state index in [0.29, 0.717) is 52.3 Å². The van der Waals surface area contributed by atoms with Gasteiger partial charge in [-0.3, -0.25) is 4.79 Å². The highest BCUT2D eigenvalue weighted by molar-refractivity contribution is 7.22. The van der Waals surface area contributed by atoms with Gasteiger partial charge in [0.2, 0.25) is 5.91 Å². The first-order chi connectivity index (χ1) is 15.7. The average Bonchev–Trinajstić information content (AvgIpc) is 3.35. The Morgan fingerprint density at radius 3 is 2.61 bits per heavy atom. The van der Waals surface area contributed by atoms with Crippen molar-refractivity contribution in [3.8, 4) is 11.5 Å². The first kappa shape index (κ1) is 21.4. The fourth-order valence-electron chi connectivity index (χ4n) is 3.63. The van der Waals surface area contributed by atoms with E-state index in [1.165, 1.54) is 11.3 Å². The Balaban J connectivity index is 1.31. The van der Waals surface area contributed by atoms with Crippen molar-refractivity contribution < 1.29 is 27.4 Å². The molecule has 4 heterocycles. The minimum Gasteiger partial charge on any atom is -0.486 e. The second kappa shape index (κ2) is 7.83. The zero-order valence-corrected chi connectivity index (χ0v) is 18.3. The van der Waals surface area contributed by atoms with Crippen LogP contribution in [0.3, 0.4) is 0 Å². The molecule has 0 saturated heterocycles. The van der Waals surface area contributed by atoms with Gasteiger partial charge in [-0.05, 0) is 25.8 Å². The van der Waals surface area contributed by atoms with E-state index in [4.69, 9.17) is 9.47 Å². The van der Waals surface area contributed by atoms with Crippen molar-refractivity contribution in [2.24, 2.45) is 0 Å². The van der Waals surface area contributed by atoms with Crippen molar-refractivity contribution in [3.63, 3.8) is 0 Å². The lowest BCUT2D eigenvalue weighted by Gasteiger charge is -2.17. The molecule has 1 N–H and O–H groups in total. The van der Waals surface area contributed by atoms with E-state index in [0.717, 1.165) is 9.22 Å². The highest BCUT2D eigenvalue weighted by atomic mass is 32.1. The largest absolute Gasteiger partial charge is 0.486 e. The van der Waals surface area contributed by atoms with Gasteiger partial charge in [-0.2, -0.15) is 18.2 Å². The second-order valence-corrected chi connectivity index (χ2v) is 8.47. The van der Waals surface area contributed by atoms with Crippen LogP contribution in [-0.2, 0) is 17.4 Å². The van der Waals surface area contributed by atoms with Gasteiger partial charge in [0.25, 0.3) is 11.6 Å². The number of nitrogens with one attached hydrogen (secondary N) is 1. The van der Waals surface area contributed by atoms with Crippen LogP contribution in [0.15, 0.2) is 12.1 Å². The molecule has 33 heavy (non-hydrogen) atoms. The molecule has 13 heteroatoms. The maximum absolute atomic E-state index is 12.9. The average molecular weight is 478 g/mol. The normalized spacial score (nSPS) is 13.6. The molecule has 0 spiro atoms. The Bertz CT molecular complexity index is 1350. The van der Waals surface area contributed by atoms with Gasteiger partial charge in [0.15, 0.2) is 16.6 Å². The summed E-state index contributed by atoms with van der Waals surface area (Å²) in [6.45, 7) is 4.25. The van der Waals surface area contributed by atoms with E-state index >= 15 is 0 Å². The predicted octanol–water partition coefficient (Wildman–Crippen LogP) is 3.71. The SMILES string of the molecule is Cc1nc2nc(C(F)(F)F)nn2c(C)c1CCC(=O)Nc1nc2cc3c(cc2s1)OCCO3. The third-order valence-corrected chi connectivity index (χ3v) is 6.14. The van der Waals surface area contributed by atoms with Crippen molar-refractivity contribution >= 4 is 38.4 Å². The van der Waals surface area contributed by atoms with E-state index < -0.39 is 12.0 Å². The number of hydrogen-bond donors (Lipinski definition) is 1. The quantitative estimate of drug-likeness (QED) is 0.477. The lowest BCUT2D eigenvalue weighted by atomic mass is 10.1. The number of thiazole rings is 1. The fourth-order valence-corrected chi connectivity index (χ4v) is 4.52. The summed E-state index contributed by atoms with van der Waals surface area (Å²) in [6, 6.07) is 3.61. The van der Waals surface area contributed by atoms with Crippen LogP contribution in [-0.4, -0.2) is 43.7 Å². The van der Waals surface area contributed by atoms with E-state index in [1.54, 1.807) is 19.9 Å². The molecule has 0 saturated carbocycles. The zero-order chi connectivity index (χ0) is 23.3. The number of aryl methyl sites for hydroxylation is 2. The molecule has 0 fully saturated rings. The molecule has 9 nitrogen and oxygen atoms in total. The highest BCUT2D eigenvalue weighted by Gasteiger charge is 2.37. The molecule has 0 aliphatic carbocycles. The van der Waals surface area contributed by atoms with Crippen molar-refractivity contribution in [2.75, 3.05) is 18.5 Å². The standard InChI is InChI=1S/C20H17F3N6O3S/c1-9-11(10(2)29-18(24-9)27-17(28-29)20(21,22)23)3-4-16(30)26-19-25-12-7-13-14(8-15(12)33-19)32-6-5-31-13/h7-8H,3-6H2,1-2H3,(H,25,26,30). The number of fused-ring (bicyclic) bond motifs is 3. The fraction of sp³-hybridized carbons (Fsp3) is 0.350. The summed E-state index contributed by atoms with van der Waals surface area (Å²) < 4.78 is 51.9. The third-order valence-electron chi connectivity index (χ3n) is 5.20. The van der Waals surface area contributed by atoms with Crippen LogP contribution in [0.1, 0.15) is 29.2 Å². The molecule has 3 aromatic heterocycles. The Kier molecular flexibility index (Phi) is 5.07. The molecule has 1 amide bonds. The summed E-state index contributed by atoms with van der Waals surface area (Å²) in [5.74, 6) is -0.394. The Morgan fingerprint density at radius 2 is 1.88 bits per heavy atom. The molecular weight excluding hydrogens is 461 g/mol. The topological polar surface area (TPSA) is 104 Å². The minimum absolute atomic E-state index is 0.0916. The zero-order valence-electron chi connectivity index (χ0n) is 17.5. The lowest BCUT2D eigenvalue weighted by molar-refractivity contribution is -0.144. The predicted molar refractivity (Wildman–Crippen MR) is 113 cm³/mol. The number of benzene rings is 1. The summed E-state index contributed by atoms with van der Waals surface area (Å²) in [4.78, 5) is 24.6. The van der Waals surface area contributed by atoms with E-state index in [2.05, 4.69) is 25.4 Å². The summed E-state index contributed by atoms with van der Waals surface area (Å²) in [5.41, 5.74) is 2.29. The minimum atomic E-state index is -4.66. The van der Waals surface area contributed by atoms with Gasteiger partial charge in [0.1, 0.15) is 13.2 Å². The third kappa shape index (κ3) is 4.03. The molecular formula is C20H17F3N6O3S. The summed E-state index contributed by atoms with van der Waals surface area (Å²) in [5, 5.41) is 6.74. The number of alkyl halides is 3. The lowest BCUT2D eigenvalue weighted by Crippen LogP contribution is -2.15. The molecule has 0 unspecified atom stereocenters. The number of halogens is 3. The number of aromatic nitrogens is 5. The van der Waals surface area contributed by atoms with E-state index in [1.807, 2.05) is 6.07 Å². The second-order valence-electron chi connectivity index (χ2n) is 7.44. The smallest absolute Gasteiger partial charge is 0.453 e. The van der Waals surface area contributed by atoms with Crippen molar-refractivity contribution in [3.05, 3.63) is 34.9 Å². The summed E-state index contributed by atoms with van der Waals surface area (Å²) >= 11 is 1.31. The van der Waals surface area contributed by atoms with Crippen LogP contribution in [0.5, 0.6) is 11.5 Å². The van der Waals surface area contributed by atoms with Crippen LogP contribution in [0.2, 0.25) is 0 Å². The van der Waals surface area contributed by atoms with Gasteiger partial charge < -0.3 is 14.8 Å². The number of carbonyl (C=O) groups is 1. The molecule has 1 aromatic carbocycles. The Labute approximate surface area is 188 Å². The van der Waals surface area contributed by atoms with Crippen LogP contribution in [0, 0.1) is 13.8 Å². The molecule has 0 atom stereocenters. The van der Waals surface area contributed by atoms with E-state index in [-0.39, 0.29) is 24.5 Å². The number of nitrogens with zero attached hydrogens (tertiary/aromatic N) is 5. The van der Waals surface area contributed by atoms with Crippen molar-refractivity contribution in [1.29, 1.82) is 0 Å². The van der Waals surface area contributed by atoms with Gasteiger partial charge in [0.05, 0.1) is 10.2 Å². The van der Waals surface area contributed by atoms with Gasteiger partial charge in [-0.1, -0.05) is 11.3 Å². The van der Waals surface area contributed by atoms with Gasteiger partial charge in [-0.15, -0.1) is 5.10 Å². The van der Waals surface area contributed by atoms with Crippen LogP contribution >= 0.6 is 11.3 Å². The Morgan fingerprint density at radius 1 is 1.15 bits per heavy atom. The maximum Gasteiger partial charge on any atom is 0.453 e. The number of anilines is 1. The molecule has 1 aliphatic rings. The number of rotatable bonds is 4. The number of carbonyl (C=O) groups excluding carboxylic acids is 1. The molecule has 0 bridgehead atoms. The molecule has 0 radical (unpaired) electrons. The van der Waals surface area contributed by atoms with E-state index in [9.17, 15) is 18.0 Å². The number of amides is 1.